The minimum absolute atomic E-state index is 0.0334. The van der Waals surface area contributed by atoms with Crippen molar-refractivity contribution in [1.82, 2.24) is 0 Å². The molecule has 1 aromatic carbocycles. The van der Waals surface area contributed by atoms with Crippen LogP contribution in [0, 0.1) is 0 Å². The lowest BCUT2D eigenvalue weighted by atomic mass is 10.1. The first-order chi connectivity index (χ1) is 6.56. The van der Waals surface area contributed by atoms with Gasteiger partial charge in [-0.25, -0.2) is 0 Å². The molecule has 0 amide bonds. The molecule has 0 aliphatic carbocycles. The maximum absolute atomic E-state index is 11.1. The van der Waals surface area contributed by atoms with Gasteiger partial charge in [0.2, 0.25) is 0 Å². The minimum Gasteiger partial charge on any atom is -0.298 e. The van der Waals surface area contributed by atoms with Crippen molar-refractivity contribution >= 4 is 41.8 Å². The molecule has 0 saturated heterocycles. The number of ketones is 1. The number of alkyl halides is 1. The van der Waals surface area contributed by atoms with Gasteiger partial charge in [-0.15, -0.1) is 36.0 Å². The second-order valence-electron chi connectivity index (χ2n) is 2.90. The molecule has 14 heavy (non-hydrogen) atoms. The third-order valence-corrected chi connectivity index (χ3v) is 3.46. The average Bonchev–Trinajstić information content (AvgIpc) is 2.16. The van der Waals surface area contributed by atoms with Crippen molar-refractivity contribution in [1.29, 1.82) is 0 Å². The van der Waals surface area contributed by atoms with Crippen LogP contribution in [0.5, 0.6) is 0 Å². The van der Waals surface area contributed by atoms with Crippen molar-refractivity contribution in [2.45, 2.75) is 22.1 Å². The maximum atomic E-state index is 11.1. The summed E-state index contributed by atoms with van der Waals surface area (Å²) in [6.45, 7) is 1.50. The summed E-state index contributed by atoms with van der Waals surface area (Å²) in [6, 6.07) is 5.62. The summed E-state index contributed by atoms with van der Waals surface area (Å²) in [5, 5.41) is -0.550. The van der Waals surface area contributed by atoms with Gasteiger partial charge in [-0.05, 0) is 30.9 Å². The predicted molar refractivity (Wildman–Crippen MR) is 64.8 cm³/mol. The SMILES string of the molecule is CSc1cc(S)ccc1C(Cl)C(C)=O. The normalized spacial score (nSPS) is 12.6. The summed E-state index contributed by atoms with van der Waals surface area (Å²) in [6.07, 6.45) is 1.95. The predicted octanol–water partition coefficient (Wildman–Crippen LogP) is 3.57. The van der Waals surface area contributed by atoms with Gasteiger partial charge in [-0.2, -0.15) is 0 Å². The van der Waals surface area contributed by atoms with Gasteiger partial charge in [0.15, 0.2) is 5.78 Å². The van der Waals surface area contributed by atoms with Crippen LogP contribution in [0.4, 0.5) is 0 Å². The van der Waals surface area contributed by atoms with E-state index in [1.54, 1.807) is 11.8 Å². The molecule has 0 N–H and O–H groups in total. The first-order valence-electron chi connectivity index (χ1n) is 4.07. The first-order valence-corrected chi connectivity index (χ1v) is 6.18. The number of thioether (sulfide) groups is 1. The quantitative estimate of drug-likeness (QED) is 0.499. The topological polar surface area (TPSA) is 17.1 Å². The summed E-state index contributed by atoms with van der Waals surface area (Å²) < 4.78 is 0. The second kappa shape index (κ2) is 5.10. The molecule has 4 heteroatoms. The monoisotopic (exact) mass is 246 g/mol. The highest BCUT2D eigenvalue weighted by Crippen LogP contribution is 2.32. The lowest BCUT2D eigenvalue weighted by Crippen LogP contribution is -2.02. The molecule has 0 spiro atoms. The van der Waals surface area contributed by atoms with Crippen molar-refractivity contribution in [3.05, 3.63) is 23.8 Å². The fourth-order valence-corrected chi connectivity index (χ4v) is 2.34. The summed E-state index contributed by atoms with van der Waals surface area (Å²) >= 11 is 11.8. The third-order valence-electron chi connectivity index (χ3n) is 1.85. The van der Waals surface area contributed by atoms with E-state index >= 15 is 0 Å². The van der Waals surface area contributed by atoms with Crippen LogP contribution in [-0.2, 0) is 4.79 Å². The Balaban J connectivity index is 3.13. The number of carbonyl (C=O) groups is 1. The Hall–Kier alpha value is -0.120. The number of benzene rings is 1. The van der Waals surface area contributed by atoms with Gasteiger partial charge < -0.3 is 0 Å². The largest absolute Gasteiger partial charge is 0.298 e. The molecule has 0 aliphatic heterocycles. The van der Waals surface area contributed by atoms with Crippen LogP contribution < -0.4 is 0 Å². The zero-order valence-corrected chi connectivity index (χ0v) is 10.4. The summed E-state index contributed by atoms with van der Waals surface area (Å²) in [4.78, 5) is 13.0. The molecule has 76 valence electrons. The molecular weight excluding hydrogens is 236 g/mol. The molecule has 0 fully saturated rings. The molecule has 1 aromatic rings. The first kappa shape index (κ1) is 12.0. The van der Waals surface area contributed by atoms with Gasteiger partial charge in [0.05, 0.1) is 0 Å². The van der Waals surface area contributed by atoms with Gasteiger partial charge in [-0.1, -0.05) is 6.07 Å². The molecule has 0 heterocycles. The van der Waals surface area contributed by atoms with Crippen LogP contribution in [0.25, 0.3) is 0 Å². The van der Waals surface area contributed by atoms with Crippen molar-refractivity contribution in [2.75, 3.05) is 6.26 Å². The van der Waals surface area contributed by atoms with Gasteiger partial charge in [0.25, 0.3) is 0 Å². The van der Waals surface area contributed by atoms with Crippen molar-refractivity contribution < 1.29 is 4.79 Å². The Morgan fingerprint density at radius 3 is 2.71 bits per heavy atom. The lowest BCUT2D eigenvalue weighted by Gasteiger charge is -2.11. The Bertz CT molecular complexity index is 352. The number of halogens is 1. The van der Waals surface area contributed by atoms with Gasteiger partial charge >= 0.3 is 0 Å². The number of carbonyl (C=O) groups excluding carboxylic acids is 1. The fraction of sp³-hybridized carbons (Fsp3) is 0.300. The van der Waals surface area contributed by atoms with Crippen molar-refractivity contribution in [3.63, 3.8) is 0 Å². The zero-order valence-electron chi connectivity index (χ0n) is 7.95. The Labute approximate surface area is 98.6 Å². The Morgan fingerprint density at radius 1 is 1.57 bits per heavy atom. The number of hydrogen-bond acceptors (Lipinski definition) is 3. The highest BCUT2D eigenvalue weighted by molar-refractivity contribution is 7.98. The lowest BCUT2D eigenvalue weighted by molar-refractivity contribution is -0.116. The van der Waals surface area contributed by atoms with E-state index < -0.39 is 5.38 Å². The maximum Gasteiger partial charge on any atom is 0.152 e. The molecule has 1 rings (SSSR count). The fourth-order valence-electron chi connectivity index (χ4n) is 1.13. The van der Waals surface area contributed by atoms with E-state index in [0.717, 1.165) is 15.4 Å². The smallest absolute Gasteiger partial charge is 0.152 e. The summed E-state index contributed by atoms with van der Waals surface area (Å²) in [5.74, 6) is -0.0334. The van der Waals surface area contributed by atoms with E-state index in [-0.39, 0.29) is 5.78 Å². The second-order valence-corrected chi connectivity index (χ2v) is 4.70. The van der Waals surface area contributed by atoms with Gasteiger partial charge in [0, 0.05) is 9.79 Å². The molecule has 1 unspecified atom stereocenters. The van der Waals surface area contributed by atoms with Crippen LogP contribution in [0.1, 0.15) is 17.9 Å². The molecule has 0 radical (unpaired) electrons. The molecule has 0 saturated carbocycles. The third kappa shape index (κ3) is 2.69. The molecular formula is C10H11ClOS2. The highest BCUT2D eigenvalue weighted by Gasteiger charge is 2.16. The molecule has 1 nitrogen and oxygen atoms in total. The molecule has 0 aromatic heterocycles. The average molecular weight is 247 g/mol. The summed E-state index contributed by atoms with van der Waals surface area (Å²) in [5.41, 5.74) is 0.865. The van der Waals surface area contributed by atoms with Crippen LogP contribution in [-0.4, -0.2) is 12.0 Å². The van der Waals surface area contributed by atoms with E-state index in [1.165, 1.54) is 6.92 Å². The minimum atomic E-state index is -0.550. The van der Waals surface area contributed by atoms with Crippen LogP contribution in [0.15, 0.2) is 28.0 Å². The van der Waals surface area contributed by atoms with Crippen molar-refractivity contribution in [3.8, 4) is 0 Å². The number of thiol groups is 1. The van der Waals surface area contributed by atoms with Gasteiger partial charge in [-0.3, -0.25) is 4.79 Å². The summed E-state index contributed by atoms with van der Waals surface area (Å²) in [7, 11) is 0. The van der Waals surface area contributed by atoms with E-state index in [4.69, 9.17) is 11.6 Å². The highest BCUT2D eigenvalue weighted by atomic mass is 35.5. The van der Waals surface area contributed by atoms with E-state index in [2.05, 4.69) is 12.6 Å². The van der Waals surface area contributed by atoms with E-state index in [1.807, 2.05) is 24.5 Å². The Morgan fingerprint density at radius 2 is 2.21 bits per heavy atom. The van der Waals surface area contributed by atoms with Crippen LogP contribution in [0.2, 0.25) is 0 Å². The van der Waals surface area contributed by atoms with E-state index in [9.17, 15) is 4.79 Å². The molecule has 1 atom stereocenters. The van der Waals surface area contributed by atoms with Crippen LogP contribution in [0.3, 0.4) is 0 Å². The number of rotatable bonds is 3. The van der Waals surface area contributed by atoms with E-state index in [0.29, 0.717) is 0 Å². The zero-order chi connectivity index (χ0) is 10.7. The Kier molecular flexibility index (Phi) is 4.35. The number of hydrogen-bond donors (Lipinski definition) is 1. The van der Waals surface area contributed by atoms with Crippen LogP contribution >= 0.6 is 36.0 Å². The standard InChI is InChI=1S/C10H11ClOS2/c1-6(12)10(11)8-4-3-7(13)5-9(8)14-2/h3-5,10,13H,1-2H3. The number of Topliss-reactive ketones (excluding diaryl/α,β-unsaturated/α-hetero) is 1. The molecule has 0 aliphatic rings. The van der Waals surface area contributed by atoms with Gasteiger partial charge in [0.1, 0.15) is 5.38 Å². The van der Waals surface area contributed by atoms with Crippen molar-refractivity contribution in [2.24, 2.45) is 0 Å². The molecule has 0 bridgehead atoms.